The summed E-state index contributed by atoms with van der Waals surface area (Å²) in [6.07, 6.45) is 1.09. The van der Waals surface area contributed by atoms with Crippen LogP contribution in [0, 0.1) is 0 Å². The second-order valence-electron chi connectivity index (χ2n) is 7.21. The van der Waals surface area contributed by atoms with Crippen molar-refractivity contribution < 1.29 is 0 Å². The van der Waals surface area contributed by atoms with E-state index in [2.05, 4.69) is 70.9 Å². The highest BCUT2D eigenvalue weighted by Crippen LogP contribution is 2.13. The van der Waals surface area contributed by atoms with Crippen molar-refractivity contribution >= 4 is 17.0 Å². The minimum atomic E-state index is 0.574. The fourth-order valence-corrected chi connectivity index (χ4v) is 3.32. The van der Waals surface area contributed by atoms with Crippen molar-refractivity contribution in [3.63, 3.8) is 0 Å². The first-order valence-electron chi connectivity index (χ1n) is 9.54. The molecular formula is C20H34N6. The van der Waals surface area contributed by atoms with E-state index < -0.39 is 0 Å². The van der Waals surface area contributed by atoms with Gasteiger partial charge in [0.25, 0.3) is 0 Å². The van der Waals surface area contributed by atoms with Crippen LogP contribution in [0.25, 0.3) is 11.0 Å². The molecular weight excluding hydrogens is 324 g/mol. The van der Waals surface area contributed by atoms with Gasteiger partial charge in [-0.05, 0) is 46.2 Å². The molecule has 1 aromatic carbocycles. The molecule has 0 bridgehead atoms. The monoisotopic (exact) mass is 358 g/mol. The van der Waals surface area contributed by atoms with Crippen LogP contribution in [0.5, 0.6) is 0 Å². The lowest BCUT2D eigenvalue weighted by molar-refractivity contribution is 0.173. The number of aliphatic imine (C=N–C) groups is 1. The van der Waals surface area contributed by atoms with Crippen molar-refractivity contribution in [3.05, 3.63) is 30.1 Å². The number of rotatable bonds is 8. The fraction of sp³-hybridized carbons (Fsp3) is 0.600. The second-order valence-corrected chi connectivity index (χ2v) is 7.21. The summed E-state index contributed by atoms with van der Waals surface area (Å²) >= 11 is 0. The Morgan fingerprint density at radius 2 is 1.85 bits per heavy atom. The molecule has 0 fully saturated rings. The number of para-hydroxylation sites is 2. The van der Waals surface area contributed by atoms with Crippen LogP contribution in [-0.2, 0) is 13.6 Å². The Morgan fingerprint density at radius 1 is 1.15 bits per heavy atom. The summed E-state index contributed by atoms with van der Waals surface area (Å²) in [6.45, 7) is 11.7. The third-order valence-corrected chi connectivity index (χ3v) is 4.73. The molecule has 0 saturated carbocycles. The van der Waals surface area contributed by atoms with Crippen molar-refractivity contribution in [2.75, 3.05) is 20.1 Å². The maximum Gasteiger partial charge on any atom is 0.191 e. The Labute approximate surface area is 157 Å². The smallest absolute Gasteiger partial charge is 0.191 e. The van der Waals surface area contributed by atoms with E-state index in [1.807, 2.05) is 18.2 Å². The predicted molar refractivity (Wildman–Crippen MR) is 111 cm³/mol. The Kier molecular flexibility index (Phi) is 7.45. The minimum Gasteiger partial charge on any atom is -0.356 e. The van der Waals surface area contributed by atoms with Crippen LogP contribution in [0.15, 0.2) is 29.3 Å². The molecule has 6 nitrogen and oxygen atoms in total. The largest absolute Gasteiger partial charge is 0.356 e. The van der Waals surface area contributed by atoms with E-state index in [4.69, 9.17) is 0 Å². The van der Waals surface area contributed by atoms with Crippen molar-refractivity contribution in [2.45, 2.75) is 52.7 Å². The maximum atomic E-state index is 4.69. The quantitative estimate of drug-likeness (QED) is 0.433. The third-order valence-electron chi connectivity index (χ3n) is 4.73. The number of benzene rings is 1. The highest BCUT2D eigenvalue weighted by atomic mass is 15.2. The number of guanidine groups is 1. The van der Waals surface area contributed by atoms with E-state index in [0.29, 0.717) is 18.6 Å². The lowest BCUT2D eigenvalue weighted by Gasteiger charge is -2.30. The first kappa shape index (κ1) is 20.2. The van der Waals surface area contributed by atoms with E-state index in [0.717, 1.165) is 42.3 Å². The molecule has 0 aliphatic carbocycles. The van der Waals surface area contributed by atoms with Gasteiger partial charge in [-0.15, -0.1) is 0 Å². The third kappa shape index (κ3) is 5.21. The van der Waals surface area contributed by atoms with Gasteiger partial charge in [0.1, 0.15) is 5.82 Å². The van der Waals surface area contributed by atoms with Crippen LogP contribution in [-0.4, -0.2) is 52.6 Å². The fourth-order valence-electron chi connectivity index (χ4n) is 3.32. The molecule has 6 heteroatoms. The van der Waals surface area contributed by atoms with E-state index in [1.54, 1.807) is 7.05 Å². The summed E-state index contributed by atoms with van der Waals surface area (Å²) in [6, 6.07) is 9.34. The Morgan fingerprint density at radius 3 is 2.46 bits per heavy atom. The average Bonchev–Trinajstić information content (AvgIpc) is 2.93. The van der Waals surface area contributed by atoms with Crippen molar-refractivity contribution in [2.24, 2.45) is 12.0 Å². The number of imidazole rings is 1. The molecule has 0 aliphatic heterocycles. The van der Waals surface area contributed by atoms with Crippen LogP contribution in [0.1, 0.15) is 39.9 Å². The van der Waals surface area contributed by atoms with Gasteiger partial charge in [0.15, 0.2) is 5.96 Å². The molecule has 2 rings (SSSR count). The van der Waals surface area contributed by atoms with Crippen LogP contribution in [0.3, 0.4) is 0 Å². The summed E-state index contributed by atoms with van der Waals surface area (Å²) in [5.74, 6) is 1.82. The molecule has 0 spiro atoms. The lowest BCUT2D eigenvalue weighted by atomic mass is 10.2. The first-order valence-corrected chi connectivity index (χ1v) is 9.54. The zero-order chi connectivity index (χ0) is 19.1. The van der Waals surface area contributed by atoms with E-state index >= 15 is 0 Å². The lowest BCUT2D eigenvalue weighted by Crippen LogP contribution is -2.41. The van der Waals surface area contributed by atoms with E-state index in [-0.39, 0.29) is 0 Å². The second kappa shape index (κ2) is 9.57. The number of nitrogens with one attached hydrogen (secondary N) is 2. The molecule has 144 valence electrons. The number of nitrogens with zero attached hydrogens (tertiary/aromatic N) is 4. The number of hydrogen-bond acceptors (Lipinski definition) is 3. The molecule has 2 N–H and O–H groups in total. The van der Waals surface area contributed by atoms with Crippen molar-refractivity contribution in [1.82, 2.24) is 25.1 Å². The maximum absolute atomic E-state index is 4.69. The number of fused-ring (bicyclic) bond motifs is 1. The molecule has 0 unspecified atom stereocenters. The normalized spacial score (nSPS) is 12.6. The van der Waals surface area contributed by atoms with Gasteiger partial charge < -0.3 is 15.2 Å². The topological polar surface area (TPSA) is 57.5 Å². The van der Waals surface area contributed by atoms with Gasteiger partial charge in [0.2, 0.25) is 0 Å². The van der Waals surface area contributed by atoms with Crippen LogP contribution >= 0.6 is 0 Å². The SMILES string of the molecule is CN=C(NCCCN(C(C)C)C(C)C)NCc1nc2ccccc2n1C. The summed E-state index contributed by atoms with van der Waals surface area (Å²) < 4.78 is 2.12. The van der Waals surface area contributed by atoms with E-state index in [9.17, 15) is 0 Å². The molecule has 0 aliphatic rings. The molecule has 0 saturated heterocycles. The van der Waals surface area contributed by atoms with Crippen LogP contribution in [0.2, 0.25) is 0 Å². The number of aryl methyl sites for hydroxylation is 1. The van der Waals surface area contributed by atoms with Crippen molar-refractivity contribution in [1.29, 1.82) is 0 Å². The van der Waals surface area contributed by atoms with Gasteiger partial charge in [-0.25, -0.2) is 4.98 Å². The Hall–Kier alpha value is -2.08. The van der Waals surface area contributed by atoms with Gasteiger partial charge in [0.05, 0.1) is 17.6 Å². The average molecular weight is 359 g/mol. The molecule has 0 atom stereocenters. The molecule has 1 aromatic heterocycles. The van der Waals surface area contributed by atoms with Crippen molar-refractivity contribution in [3.8, 4) is 0 Å². The van der Waals surface area contributed by atoms with Gasteiger partial charge in [0, 0.05) is 39.3 Å². The van der Waals surface area contributed by atoms with Gasteiger partial charge in [-0.1, -0.05) is 12.1 Å². The van der Waals surface area contributed by atoms with Crippen LogP contribution in [0.4, 0.5) is 0 Å². The predicted octanol–water partition coefficient (Wildman–Crippen LogP) is 2.75. The summed E-state index contributed by atoms with van der Waals surface area (Å²) in [5.41, 5.74) is 2.17. The summed E-state index contributed by atoms with van der Waals surface area (Å²) in [4.78, 5) is 11.5. The zero-order valence-electron chi connectivity index (χ0n) is 17.1. The highest BCUT2D eigenvalue weighted by molar-refractivity contribution is 5.80. The minimum absolute atomic E-state index is 0.574. The summed E-state index contributed by atoms with van der Waals surface area (Å²) in [5, 5.41) is 6.76. The highest BCUT2D eigenvalue weighted by Gasteiger charge is 2.12. The van der Waals surface area contributed by atoms with Crippen LogP contribution < -0.4 is 10.6 Å². The Bertz CT molecular complexity index is 708. The number of hydrogen-bond donors (Lipinski definition) is 2. The molecule has 26 heavy (non-hydrogen) atoms. The summed E-state index contributed by atoms with van der Waals surface area (Å²) in [7, 11) is 3.85. The van der Waals surface area contributed by atoms with E-state index in [1.165, 1.54) is 0 Å². The standard InChI is InChI=1S/C20H34N6/c1-15(2)26(16(3)4)13-9-12-22-20(21-5)23-14-19-24-17-10-7-8-11-18(17)25(19)6/h7-8,10-11,15-16H,9,12-14H2,1-6H3,(H2,21,22,23). The molecule has 0 amide bonds. The van der Waals surface area contributed by atoms with Gasteiger partial charge in [-0.3, -0.25) is 9.89 Å². The van der Waals surface area contributed by atoms with Gasteiger partial charge in [-0.2, -0.15) is 0 Å². The first-order chi connectivity index (χ1) is 12.4. The zero-order valence-corrected chi connectivity index (χ0v) is 17.1. The molecule has 2 aromatic rings. The molecule has 0 radical (unpaired) electrons. The molecule has 1 heterocycles. The van der Waals surface area contributed by atoms with Gasteiger partial charge >= 0.3 is 0 Å². The number of aromatic nitrogens is 2. The Balaban J connectivity index is 1.81.